The Morgan fingerprint density at radius 1 is 1.33 bits per heavy atom. The summed E-state index contributed by atoms with van der Waals surface area (Å²) in [5.41, 5.74) is -0.113. The summed E-state index contributed by atoms with van der Waals surface area (Å²) in [6.45, 7) is 3.41. The van der Waals surface area contributed by atoms with Gasteiger partial charge in [0, 0.05) is 20.6 Å². The lowest BCUT2D eigenvalue weighted by Gasteiger charge is -2.17. The summed E-state index contributed by atoms with van der Waals surface area (Å²) < 4.78 is 1.48. The molecular formula is C9H14N4O2. The SMILES string of the molecule is CCN1CN(C)c2c1n(C)c(=O)[nH]c2=O. The average Bonchev–Trinajstić information content (AvgIpc) is 2.52. The van der Waals surface area contributed by atoms with Gasteiger partial charge in [-0.2, -0.15) is 0 Å². The maximum absolute atomic E-state index is 11.6. The first-order valence-corrected chi connectivity index (χ1v) is 4.85. The van der Waals surface area contributed by atoms with Crippen molar-refractivity contribution in [2.24, 2.45) is 7.05 Å². The third-order valence-corrected chi connectivity index (χ3v) is 2.72. The van der Waals surface area contributed by atoms with Crippen molar-refractivity contribution in [2.45, 2.75) is 6.92 Å². The number of anilines is 2. The van der Waals surface area contributed by atoms with Crippen LogP contribution in [0.1, 0.15) is 6.92 Å². The van der Waals surface area contributed by atoms with Crippen molar-refractivity contribution in [1.29, 1.82) is 0 Å². The Kier molecular flexibility index (Phi) is 2.06. The summed E-state index contributed by atoms with van der Waals surface area (Å²) in [4.78, 5) is 29.2. The summed E-state index contributed by atoms with van der Waals surface area (Å²) in [6.07, 6.45) is 0. The van der Waals surface area contributed by atoms with E-state index in [1.54, 1.807) is 7.05 Å². The van der Waals surface area contributed by atoms with Gasteiger partial charge in [-0.15, -0.1) is 0 Å². The highest BCUT2D eigenvalue weighted by atomic mass is 16.2. The second-order valence-electron chi connectivity index (χ2n) is 3.69. The molecule has 6 heteroatoms. The molecule has 1 aliphatic heterocycles. The zero-order chi connectivity index (χ0) is 11.2. The molecule has 0 aliphatic carbocycles. The number of fused-ring (bicyclic) bond motifs is 1. The van der Waals surface area contributed by atoms with Gasteiger partial charge in [-0.25, -0.2) is 4.79 Å². The summed E-state index contributed by atoms with van der Waals surface area (Å²) in [5.74, 6) is 0.703. The smallest absolute Gasteiger partial charge is 0.329 e. The molecule has 0 bridgehead atoms. The fourth-order valence-electron chi connectivity index (χ4n) is 1.95. The molecular weight excluding hydrogens is 196 g/mol. The number of hydrogen-bond acceptors (Lipinski definition) is 4. The predicted molar refractivity (Wildman–Crippen MR) is 58.6 cm³/mol. The number of nitrogens with one attached hydrogen (secondary N) is 1. The molecule has 0 saturated heterocycles. The quantitative estimate of drug-likeness (QED) is 0.666. The Balaban J connectivity index is 2.78. The maximum atomic E-state index is 11.6. The van der Waals surface area contributed by atoms with Crippen LogP contribution in [0, 0.1) is 0 Å². The average molecular weight is 210 g/mol. The molecule has 0 atom stereocenters. The third-order valence-electron chi connectivity index (χ3n) is 2.72. The Bertz CT molecular complexity index is 502. The van der Waals surface area contributed by atoms with Gasteiger partial charge < -0.3 is 9.80 Å². The molecule has 15 heavy (non-hydrogen) atoms. The third kappa shape index (κ3) is 1.25. The lowest BCUT2D eigenvalue weighted by atomic mass is 10.4. The summed E-state index contributed by atoms with van der Waals surface area (Å²) in [6, 6.07) is 0. The Morgan fingerprint density at radius 3 is 2.60 bits per heavy atom. The topological polar surface area (TPSA) is 61.3 Å². The van der Waals surface area contributed by atoms with Gasteiger partial charge in [-0.3, -0.25) is 14.3 Å². The van der Waals surface area contributed by atoms with Crippen LogP contribution in [0.3, 0.4) is 0 Å². The predicted octanol–water partition coefficient (Wildman–Crippen LogP) is -0.693. The molecule has 82 valence electrons. The van der Waals surface area contributed by atoms with Crippen LogP contribution in [0.2, 0.25) is 0 Å². The Morgan fingerprint density at radius 2 is 2.00 bits per heavy atom. The molecule has 1 aromatic heterocycles. The van der Waals surface area contributed by atoms with E-state index in [4.69, 9.17) is 0 Å². The fourth-order valence-corrected chi connectivity index (χ4v) is 1.95. The zero-order valence-corrected chi connectivity index (χ0v) is 9.07. The molecule has 1 aliphatic rings. The van der Waals surface area contributed by atoms with Crippen molar-refractivity contribution in [3.8, 4) is 0 Å². The molecule has 0 saturated carbocycles. The minimum atomic E-state index is -0.368. The van der Waals surface area contributed by atoms with E-state index in [0.717, 1.165) is 6.54 Å². The minimum Gasteiger partial charge on any atom is -0.349 e. The van der Waals surface area contributed by atoms with Crippen LogP contribution in [0.4, 0.5) is 11.5 Å². The van der Waals surface area contributed by atoms with Crippen LogP contribution >= 0.6 is 0 Å². The molecule has 1 N–H and O–H groups in total. The summed E-state index contributed by atoms with van der Waals surface area (Å²) >= 11 is 0. The van der Waals surface area contributed by atoms with Crippen LogP contribution < -0.4 is 21.0 Å². The zero-order valence-electron chi connectivity index (χ0n) is 9.07. The lowest BCUT2D eigenvalue weighted by Crippen LogP contribution is -2.32. The first-order valence-electron chi connectivity index (χ1n) is 4.85. The Labute approximate surface area is 86.7 Å². The number of aromatic nitrogens is 2. The van der Waals surface area contributed by atoms with E-state index in [2.05, 4.69) is 4.98 Å². The van der Waals surface area contributed by atoms with Crippen molar-refractivity contribution in [2.75, 3.05) is 30.1 Å². The van der Waals surface area contributed by atoms with Gasteiger partial charge >= 0.3 is 5.69 Å². The van der Waals surface area contributed by atoms with Gasteiger partial charge in [-0.1, -0.05) is 0 Å². The second-order valence-corrected chi connectivity index (χ2v) is 3.69. The monoisotopic (exact) mass is 210 g/mol. The van der Waals surface area contributed by atoms with E-state index in [1.807, 2.05) is 23.8 Å². The number of hydrogen-bond donors (Lipinski definition) is 1. The summed E-state index contributed by atoms with van der Waals surface area (Å²) in [7, 11) is 3.51. The number of aromatic amines is 1. The maximum Gasteiger partial charge on any atom is 0.329 e. The largest absolute Gasteiger partial charge is 0.349 e. The second kappa shape index (κ2) is 3.15. The molecule has 0 aromatic carbocycles. The number of H-pyrrole nitrogens is 1. The van der Waals surface area contributed by atoms with Crippen LogP contribution in [-0.2, 0) is 7.05 Å². The van der Waals surface area contributed by atoms with Gasteiger partial charge in [-0.05, 0) is 6.92 Å². The van der Waals surface area contributed by atoms with Crippen molar-refractivity contribution in [3.63, 3.8) is 0 Å². The molecule has 2 rings (SSSR count). The molecule has 1 aromatic rings. The van der Waals surface area contributed by atoms with Gasteiger partial charge in [0.15, 0.2) is 0 Å². The lowest BCUT2D eigenvalue weighted by molar-refractivity contribution is 0.763. The van der Waals surface area contributed by atoms with Crippen molar-refractivity contribution in [3.05, 3.63) is 20.8 Å². The van der Waals surface area contributed by atoms with Gasteiger partial charge in [0.1, 0.15) is 11.5 Å². The Hall–Kier alpha value is -1.72. The summed E-state index contributed by atoms with van der Waals surface area (Å²) in [5, 5.41) is 0. The normalized spacial score (nSPS) is 14.6. The standard InChI is InChI=1S/C9H14N4O2/c1-4-13-5-11(2)6-7(14)10-9(15)12(3)8(6)13/h4-5H2,1-3H3,(H,10,14,15). The first kappa shape index (κ1) is 9.82. The number of rotatable bonds is 1. The van der Waals surface area contributed by atoms with Crippen LogP contribution in [0.5, 0.6) is 0 Å². The van der Waals surface area contributed by atoms with Crippen molar-refractivity contribution in [1.82, 2.24) is 9.55 Å². The van der Waals surface area contributed by atoms with E-state index in [-0.39, 0.29) is 11.2 Å². The fraction of sp³-hybridized carbons (Fsp3) is 0.556. The molecule has 2 heterocycles. The van der Waals surface area contributed by atoms with Crippen molar-refractivity contribution >= 4 is 11.5 Å². The van der Waals surface area contributed by atoms with Crippen LogP contribution in [0.25, 0.3) is 0 Å². The first-order chi connectivity index (χ1) is 7.06. The van der Waals surface area contributed by atoms with E-state index >= 15 is 0 Å². The van der Waals surface area contributed by atoms with Gasteiger partial charge in [0.05, 0.1) is 6.67 Å². The minimum absolute atomic E-state index is 0.313. The van der Waals surface area contributed by atoms with Gasteiger partial charge in [0.2, 0.25) is 0 Å². The molecule has 0 fully saturated rings. The van der Waals surface area contributed by atoms with Crippen molar-refractivity contribution < 1.29 is 0 Å². The van der Waals surface area contributed by atoms with E-state index < -0.39 is 0 Å². The van der Waals surface area contributed by atoms with E-state index in [0.29, 0.717) is 18.2 Å². The molecule has 0 spiro atoms. The van der Waals surface area contributed by atoms with Gasteiger partial charge in [0.25, 0.3) is 5.56 Å². The molecule has 0 amide bonds. The van der Waals surface area contributed by atoms with Crippen LogP contribution in [0.15, 0.2) is 9.59 Å². The van der Waals surface area contributed by atoms with E-state index in [1.165, 1.54) is 4.57 Å². The van der Waals surface area contributed by atoms with Crippen LogP contribution in [-0.4, -0.2) is 29.8 Å². The van der Waals surface area contributed by atoms with E-state index in [9.17, 15) is 9.59 Å². The highest BCUT2D eigenvalue weighted by molar-refractivity contribution is 5.71. The molecule has 6 nitrogen and oxygen atoms in total. The molecule has 0 radical (unpaired) electrons. The highest BCUT2D eigenvalue weighted by Crippen LogP contribution is 2.28. The molecule has 0 unspecified atom stereocenters. The number of nitrogens with zero attached hydrogens (tertiary/aromatic N) is 3. The highest BCUT2D eigenvalue weighted by Gasteiger charge is 2.28.